The van der Waals surface area contributed by atoms with E-state index in [0.717, 1.165) is 13.0 Å². The SMILES string of the molecule is CN1CCc2cnc(Cl)cc21. The van der Waals surface area contributed by atoms with Crippen LogP contribution in [0.4, 0.5) is 5.69 Å². The number of halogens is 1. The molecule has 0 aliphatic carbocycles. The number of fused-ring (bicyclic) bond motifs is 1. The molecule has 0 aromatic carbocycles. The summed E-state index contributed by atoms with van der Waals surface area (Å²) in [7, 11) is 2.07. The summed E-state index contributed by atoms with van der Waals surface area (Å²) < 4.78 is 0. The quantitative estimate of drug-likeness (QED) is 0.549. The van der Waals surface area contributed by atoms with Gasteiger partial charge in [0.15, 0.2) is 0 Å². The summed E-state index contributed by atoms with van der Waals surface area (Å²) in [5, 5.41) is 0.581. The molecule has 0 atom stereocenters. The molecule has 0 spiro atoms. The highest BCUT2D eigenvalue weighted by Crippen LogP contribution is 2.27. The van der Waals surface area contributed by atoms with Crippen molar-refractivity contribution in [1.82, 2.24) is 4.98 Å². The van der Waals surface area contributed by atoms with Crippen molar-refractivity contribution in [2.45, 2.75) is 6.42 Å². The number of aromatic nitrogens is 1. The minimum atomic E-state index is 0.581. The molecule has 3 heteroatoms. The van der Waals surface area contributed by atoms with Crippen molar-refractivity contribution < 1.29 is 0 Å². The van der Waals surface area contributed by atoms with E-state index in [-0.39, 0.29) is 0 Å². The maximum atomic E-state index is 5.75. The number of anilines is 1. The lowest BCUT2D eigenvalue weighted by Crippen LogP contribution is -2.12. The number of nitrogens with zero attached hydrogens (tertiary/aromatic N) is 2. The second kappa shape index (κ2) is 2.38. The molecule has 1 aromatic rings. The van der Waals surface area contributed by atoms with E-state index in [0.29, 0.717) is 5.15 Å². The van der Waals surface area contributed by atoms with Crippen LogP contribution in [-0.2, 0) is 6.42 Å². The number of hydrogen-bond acceptors (Lipinski definition) is 2. The fourth-order valence-corrected chi connectivity index (χ4v) is 1.56. The van der Waals surface area contributed by atoms with Crippen LogP contribution in [0, 0.1) is 0 Å². The second-order valence-electron chi connectivity index (χ2n) is 2.81. The van der Waals surface area contributed by atoms with Gasteiger partial charge in [-0.05, 0) is 18.1 Å². The topological polar surface area (TPSA) is 16.1 Å². The molecule has 2 heterocycles. The molecule has 0 unspecified atom stereocenters. The molecule has 0 saturated carbocycles. The summed E-state index contributed by atoms with van der Waals surface area (Å²) in [6, 6.07) is 1.92. The van der Waals surface area contributed by atoms with Crippen molar-refractivity contribution >= 4 is 17.3 Å². The van der Waals surface area contributed by atoms with Gasteiger partial charge < -0.3 is 4.90 Å². The molecule has 0 amide bonds. The van der Waals surface area contributed by atoms with Gasteiger partial charge in [-0.3, -0.25) is 0 Å². The number of likely N-dealkylation sites (N-methyl/N-ethyl adjacent to an activating group) is 1. The van der Waals surface area contributed by atoms with Gasteiger partial charge in [0.2, 0.25) is 0 Å². The van der Waals surface area contributed by atoms with Crippen LogP contribution >= 0.6 is 11.6 Å². The molecule has 1 aromatic heterocycles. The molecule has 11 heavy (non-hydrogen) atoms. The van der Waals surface area contributed by atoms with E-state index in [1.165, 1.54) is 11.3 Å². The van der Waals surface area contributed by atoms with Crippen molar-refractivity contribution in [2.75, 3.05) is 18.5 Å². The van der Waals surface area contributed by atoms with Crippen LogP contribution in [0.3, 0.4) is 0 Å². The highest BCUT2D eigenvalue weighted by atomic mass is 35.5. The van der Waals surface area contributed by atoms with Crippen LogP contribution in [0.2, 0.25) is 5.15 Å². The Morgan fingerprint density at radius 3 is 3.27 bits per heavy atom. The zero-order chi connectivity index (χ0) is 7.84. The largest absolute Gasteiger partial charge is 0.374 e. The molecule has 0 saturated heterocycles. The van der Waals surface area contributed by atoms with Gasteiger partial charge in [0.05, 0.1) is 0 Å². The smallest absolute Gasteiger partial charge is 0.131 e. The molecular formula is C8H9ClN2. The highest BCUT2D eigenvalue weighted by Gasteiger charge is 2.15. The van der Waals surface area contributed by atoms with E-state index in [9.17, 15) is 0 Å². The summed E-state index contributed by atoms with van der Waals surface area (Å²) in [5.74, 6) is 0. The van der Waals surface area contributed by atoms with E-state index >= 15 is 0 Å². The van der Waals surface area contributed by atoms with Gasteiger partial charge in [-0.25, -0.2) is 4.98 Å². The Bertz CT molecular complexity index is 285. The van der Waals surface area contributed by atoms with Crippen LogP contribution in [-0.4, -0.2) is 18.6 Å². The molecule has 58 valence electrons. The Labute approximate surface area is 70.8 Å². The second-order valence-corrected chi connectivity index (χ2v) is 3.19. The van der Waals surface area contributed by atoms with E-state index in [1.54, 1.807) is 0 Å². The van der Waals surface area contributed by atoms with Crippen LogP contribution in [0.15, 0.2) is 12.3 Å². The lowest BCUT2D eigenvalue weighted by atomic mass is 10.2. The third-order valence-electron chi connectivity index (χ3n) is 2.06. The van der Waals surface area contributed by atoms with Crippen molar-refractivity contribution in [2.24, 2.45) is 0 Å². The Balaban J connectivity index is 2.52. The Hall–Kier alpha value is -0.760. The summed E-state index contributed by atoms with van der Waals surface area (Å²) >= 11 is 5.75. The molecule has 0 bridgehead atoms. The lowest BCUT2D eigenvalue weighted by molar-refractivity contribution is 0.955. The van der Waals surface area contributed by atoms with Gasteiger partial charge in [-0.1, -0.05) is 11.6 Å². The fourth-order valence-electron chi connectivity index (χ4n) is 1.41. The van der Waals surface area contributed by atoms with Crippen molar-refractivity contribution in [3.63, 3.8) is 0 Å². The van der Waals surface area contributed by atoms with Gasteiger partial charge in [-0.15, -0.1) is 0 Å². The molecule has 1 aliphatic heterocycles. The van der Waals surface area contributed by atoms with Gasteiger partial charge in [0.1, 0.15) is 5.15 Å². The minimum absolute atomic E-state index is 0.581. The summed E-state index contributed by atoms with van der Waals surface area (Å²) in [6.07, 6.45) is 2.96. The fraction of sp³-hybridized carbons (Fsp3) is 0.375. The van der Waals surface area contributed by atoms with Gasteiger partial charge in [-0.2, -0.15) is 0 Å². The highest BCUT2D eigenvalue weighted by molar-refractivity contribution is 6.29. The first-order chi connectivity index (χ1) is 5.27. The molecule has 0 N–H and O–H groups in total. The molecule has 0 fully saturated rings. The van der Waals surface area contributed by atoms with Crippen molar-refractivity contribution in [3.05, 3.63) is 23.0 Å². The van der Waals surface area contributed by atoms with Crippen LogP contribution in [0.5, 0.6) is 0 Å². The van der Waals surface area contributed by atoms with Gasteiger partial charge in [0, 0.05) is 25.5 Å². The molecule has 0 radical (unpaired) electrons. The first kappa shape index (κ1) is 6.92. The van der Waals surface area contributed by atoms with Crippen LogP contribution in [0.1, 0.15) is 5.56 Å². The van der Waals surface area contributed by atoms with Gasteiger partial charge in [0.25, 0.3) is 0 Å². The first-order valence-electron chi connectivity index (χ1n) is 3.63. The van der Waals surface area contributed by atoms with E-state index < -0.39 is 0 Å². The molecule has 2 rings (SSSR count). The predicted octanol–water partition coefficient (Wildman–Crippen LogP) is 1.73. The monoisotopic (exact) mass is 168 g/mol. The maximum Gasteiger partial charge on any atom is 0.131 e. The standard InChI is InChI=1S/C8H9ClN2/c1-11-3-2-6-5-10-8(9)4-7(6)11/h4-5H,2-3H2,1H3. The maximum absolute atomic E-state index is 5.75. The van der Waals surface area contributed by atoms with Crippen molar-refractivity contribution in [3.8, 4) is 0 Å². The minimum Gasteiger partial charge on any atom is -0.374 e. The molecule has 2 nitrogen and oxygen atoms in total. The third-order valence-corrected chi connectivity index (χ3v) is 2.26. The average molecular weight is 169 g/mol. The Morgan fingerprint density at radius 2 is 2.45 bits per heavy atom. The number of hydrogen-bond donors (Lipinski definition) is 0. The van der Waals surface area contributed by atoms with Gasteiger partial charge >= 0.3 is 0 Å². The number of pyridine rings is 1. The molecule has 1 aliphatic rings. The predicted molar refractivity (Wildman–Crippen MR) is 46.2 cm³/mol. The lowest BCUT2D eigenvalue weighted by Gasteiger charge is -2.10. The number of rotatable bonds is 0. The van der Waals surface area contributed by atoms with E-state index in [4.69, 9.17) is 11.6 Å². The normalized spacial score (nSPS) is 15.3. The summed E-state index contributed by atoms with van der Waals surface area (Å²) in [5.41, 5.74) is 2.53. The average Bonchev–Trinajstić information content (AvgIpc) is 2.33. The van der Waals surface area contributed by atoms with Crippen LogP contribution < -0.4 is 4.90 Å². The third kappa shape index (κ3) is 1.07. The van der Waals surface area contributed by atoms with E-state index in [1.807, 2.05) is 12.3 Å². The Morgan fingerprint density at radius 1 is 1.64 bits per heavy atom. The van der Waals surface area contributed by atoms with E-state index in [2.05, 4.69) is 16.9 Å². The Kier molecular flexibility index (Phi) is 1.50. The first-order valence-corrected chi connectivity index (χ1v) is 4.01. The zero-order valence-corrected chi connectivity index (χ0v) is 7.10. The van der Waals surface area contributed by atoms with Crippen LogP contribution in [0.25, 0.3) is 0 Å². The van der Waals surface area contributed by atoms with Crippen molar-refractivity contribution in [1.29, 1.82) is 0 Å². The summed E-state index contributed by atoms with van der Waals surface area (Å²) in [6.45, 7) is 1.08. The zero-order valence-electron chi connectivity index (χ0n) is 6.34. The molecular weight excluding hydrogens is 160 g/mol. The summed E-state index contributed by atoms with van der Waals surface area (Å²) in [4.78, 5) is 6.22.